The Morgan fingerprint density at radius 1 is 0.957 bits per heavy atom. The Morgan fingerprint density at radius 2 is 1.65 bits per heavy atom. The average molecular weight is 304 g/mol. The summed E-state index contributed by atoms with van der Waals surface area (Å²) in [6, 6.07) is 18.8. The lowest BCUT2D eigenvalue weighted by atomic mass is 10.00. The number of para-hydroxylation sites is 1. The van der Waals surface area contributed by atoms with E-state index in [2.05, 4.69) is 46.4 Å². The van der Waals surface area contributed by atoms with Gasteiger partial charge in [0.1, 0.15) is 0 Å². The van der Waals surface area contributed by atoms with Crippen molar-refractivity contribution < 1.29 is 0 Å². The van der Waals surface area contributed by atoms with E-state index >= 15 is 0 Å². The molecule has 2 aromatic carbocycles. The number of nitrogen functional groups attached to an aromatic ring is 1. The fourth-order valence-electron chi connectivity index (χ4n) is 3.26. The van der Waals surface area contributed by atoms with Gasteiger partial charge in [0, 0.05) is 13.1 Å². The first-order valence-corrected chi connectivity index (χ1v) is 7.96. The van der Waals surface area contributed by atoms with E-state index in [9.17, 15) is 0 Å². The molecular formula is C19H20N4. The highest BCUT2D eigenvalue weighted by atomic mass is 15.4. The molecule has 23 heavy (non-hydrogen) atoms. The first kappa shape index (κ1) is 13.9. The summed E-state index contributed by atoms with van der Waals surface area (Å²) in [5.41, 5.74) is 11.9. The fraction of sp³-hybridized carbons (Fsp3) is 0.211. The van der Waals surface area contributed by atoms with Gasteiger partial charge in [0.15, 0.2) is 5.82 Å². The average Bonchev–Trinajstić information content (AvgIpc) is 2.90. The zero-order chi connectivity index (χ0) is 15.8. The van der Waals surface area contributed by atoms with Crippen molar-refractivity contribution >= 4 is 11.5 Å². The first-order valence-electron chi connectivity index (χ1n) is 7.96. The van der Waals surface area contributed by atoms with E-state index in [1.165, 1.54) is 11.1 Å². The summed E-state index contributed by atoms with van der Waals surface area (Å²) < 4.78 is 1.97. The van der Waals surface area contributed by atoms with E-state index in [1.54, 1.807) is 0 Å². The molecule has 0 unspecified atom stereocenters. The quantitative estimate of drug-likeness (QED) is 0.790. The van der Waals surface area contributed by atoms with Gasteiger partial charge in [0.25, 0.3) is 0 Å². The third-order valence-corrected chi connectivity index (χ3v) is 4.51. The minimum atomic E-state index is 0.772. The molecule has 2 N–H and O–H groups in total. The summed E-state index contributed by atoms with van der Waals surface area (Å²) in [4.78, 5) is 2.34. The Hall–Kier alpha value is -2.75. The van der Waals surface area contributed by atoms with Crippen LogP contribution in [-0.4, -0.2) is 16.3 Å². The van der Waals surface area contributed by atoms with Crippen LogP contribution in [0.4, 0.5) is 11.5 Å². The van der Waals surface area contributed by atoms with Crippen LogP contribution >= 0.6 is 0 Å². The Bertz CT molecular complexity index is 836. The topological polar surface area (TPSA) is 47.1 Å². The van der Waals surface area contributed by atoms with Crippen LogP contribution in [0, 0.1) is 6.92 Å². The first-order chi connectivity index (χ1) is 11.2. The maximum atomic E-state index is 6.37. The summed E-state index contributed by atoms with van der Waals surface area (Å²) in [5.74, 6) is 1.00. The van der Waals surface area contributed by atoms with E-state index in [1.807, 2.05) is 29.8 Å². The molecule has 0 aliphatic carbocycles. The number of aryl methyl sites for hydroxylation is 1. The fourth-order valence-corrected chi connectivity index (χ4v) is 3.26. The number of aromatic nitrogens is 2. The molecule has 0 saturated heterocycles. The van der Waals surface area contributed by atoms with Gasteiger partial charge < -0.3 is 10.6 Å². The molecule has 2 heterocycles. The van der Waals surface area contributed by atoms with Crippen molar-refractivity contribution in [1.82, 2.24) is 9.78 Å². The lowest BCUT2D eigenvalue weighted by molar-refractivity contribution is 0.698. The highest BCUT2D eigenvalue weighted by Gasteiger charge is 2.23. The number of benzene rings is 2. The molecule has 0 amide bonds. The van der Waals surface area contributed by atoms with Gasteiger partial charge in [0.05, 0.1) is 17.1 Å². The van der Waals surface area contributed by atoms with Crippen molar-refractivity contribution in [1.29, 1.82) is 0 Å². The van der Waals surface area contributed by atoms with Gasteiger partial charge in [-0.25, -0.2) is 4.68 Å². The standard InChI is InChI=1S/C19H20N4/c1-14-18(20)19(23(21-14)17-9-3-2-4-10-17)22-12-11-15-7-5-6-8-16(15)13-22/h2-10H,11-13,20H2,1H3. The molecule has 1 aliphatic heterocycles. The van der Waals surface area contributed by atoms with E-state index in [0.29, 0.717) is 0 Å². The van der Waals surface area contributed by atoms with Crippen molar-refractivity contribution in [3.63, 3.8) is 0 Å². The second kappa shape index (κ2) is 5.47. The Balaban J connectivity index is 1.78. The van der Waals surface area contributed by atoms with Crippen LogP contribution in [0.3, 0.4) is 0 Å². The van der Waals surface area contributed by atoms with Crippen LogP contribution in [0.15, 0.2) is 54.6 Å². The molecule has 3 aromatic rings. The van der Waals surface area contributed by atoms with Gasteiger partial charge in [-0.2, -0.15) is 5.10 Å². The summed E-state index contributed by atoms with van der Waals surface area (Å²) in [6.07, 6.45) is 1.04. The molecule has 0 bridgehead atoms. The molecule has 0 saturated carbocycles. The second-order valence-corrected chi connectivity index (χ2v) is 6.01. The lowest BCUT2D eigenvalue weighted by Gasteiger charge is -2.31. The molecule has 0 atom stereocenters. The molecular weight excluding hydrogens is 284 g/mol. The second-order valence-electron chi connectivity index (χ2n) is 6.01. The molecule has 1 aliphatic rings. The lowest BCUT2D eigenvalue weighted by Crippen LogP contribution is -2.32. The van der Waals surface area contributed by atoms with Crippen LogP contribution in [-0.2, 0) is 13.0 Å². The van der Waals surface area contributed by atoms with Crippen molar-refractivity contribution in [3.05, 3.63) is 71.4 Å². The Kier molecular flexibility index (Phi) is 3.30. The number of rotatable bonds is 2. The van der Waals surface area contributed by atoms with E-state index in [-0.39, 0.29) is 0 Å². The number of nitrogens with zero attached hydrogens (tertiary/aromatic N) is 3. The number of fused-ring (bicyclic) bond motifs is 1. The molecule has 4 nitrogen and oxygen atoms in total. The van der Waals surface area contributed by atoms with Crippen LogP contribution < -0.4 is 10.6 Å². The molecule has 0 spiro atoms. The van der Waals surface area contributed by atoms with E-state index in [0.717, 1.165) is 42.4 Å². The third kappa shape index (κ3) is 2.36. The van der Waals surface area contributed by atoms with Crippen molar-refractivity contribution in [2.24, 2.45) is 0 Å². The molecule has 4 heteroatoms. The normalized spacial score (nSPS) is 13.9. The summed E-state index contributed by atoms with van der Waals surface area (Å²) in [7, 11) is 0. The molecule has 4 rings (SSSR count). The van der Waals surface area contributed by atoms with Gasteiger partial charge in [-0.05, 0) is 36.6 Å². The number of hydrogen-bond donors (Lipinski definition) is 1. The van der Waals surface area contributed by atoms with Crippen LogP contribution in [0.2, 0.25) is 0 Å². The Labute approximate surface area is 136 Å². The molecule has 0 radical (unpaired) electrons. The van der Waals surface area contributed by atoms with E-state index in [4.69, 9.17) is 5.73 Å². The zero-order valence-corrected chi connectivity index (χ0v) is 13.2. The molecule has 0 fully saturated rings. The predicted octanol–water partition coefficient (Wildman–Crippen LogP) is 3.33. The monoisotopic (exact) mass is 304 g/mol. The van der Waals surface area contributed by atoms with Crippen molar-refractivity contribution in [2.45, 2.75) is 19.9 Å². The largest absolute Gasteiger partial charge is 0.394 e. The molecule has 1 aromatic heterocycles. The third-order valence-electron chi connectivity index (χ3n) is 4.51. The van der Waals surface area contributed by atoms with E-state index < -0.39 is 0 Å². The van der Waals surface area contributed by atoms with Gasteiger partial charge in [-0.15, -0.1) is 0 Å². The summed E-state index contributed by atoms with van der Waals surface area (Å²) in [5, 5.41) is 4.66. The van der Waals surface area contributed by atoms with Crippen molar-refractivity contribution in [3.8, 4) is 5.69 Å². The SMILES string of the molecule is Cc1nn(-c2ccccc2)c(N2CCc3ccccc3C2)c1N. The highest BCUT2D eigenvalue weighted by molar-refractivity contribution is 5.69. The molecule has 116 valence electrons. The smallest absolute Gasteiger partial charge is 0.156 e. The number of anilines is 2. The summed E-state index contributed by atoms with van der Waals surface area (Å²) in [6.45, 7) is 3.80. The summed E-state index contributed by atoms with van der Waals surface area (Å²) >= 11 is 0. The van der Waals surface area contributed by atoms with Gasteiger partial charge in [0.2, 0.25) is 0 Å². The number of nitrogens with two attached hydrogens (primary N) is 1. The van der Waals surface area contributed by atoms with Crippen LogP contribution in [0.25, 0.3) is 5.69 Å². The predicted molar refractivity (Wildman–Crippen MR) is 93.9 cm³/mol. The minimum Gasteiger partial charge on any atom is -0.394 e. The number of hydrogen-bond acceptors (Lipinski definition) is 3. The van der Waals surface area contributed by atoms with Crippen molar-refractivity contribution in [2.75, 3.05) is 17.2 Å². The van der Waals surface area contributed by atoms with Gasteiger partial charge in [-0.1, -0.05) is 42.5 Å². The zero-order valence-electron chi connectivity index (χ0n) is 13.2. The van der Waals surface area contributed by atoms with Gasteiger partial charge >= 0.3 is 0 Å². The minimum absolute atomic E-state index is 0.772. The van der Waals surface area contributed by atoms with Gasteiger partial charge in [-0.3, -0.25) is 0 Å². The Morgan fingerprint density at radius 3 is 2.43 bits per heavy atom. The van der Waals surface area contributed by atoms with Crippen LogP contribution in [0.5, 0.6) is 0 Å². The highest BCUT2D eigenvalue weighted by Crippen LogP contribution is 2.32. The maximum absolute atomic E-state index is 6.37. The maximum Gasteiger partial charge on any atom is 0.156 e. The van der Waals surface area contributed by atoms with Crippen LogP contribution in [0.1, 0.15) is 16.8 Å².